The highest BCUT2D eigenvalue weighted by molar-refractivity contribution is 6.34. The van der Waals surface area contributed by atoms with Gasteiger partial charge in [-0.15, -0.1) is 0 Å². The lowest BCUT2D eigenvalue weighted by Gasteiger charge is -2.19. The van der Waals surface area contributed by atoms with E-state index in [0.717, 1.165) is 36.7 Å². The van der Waals surface area contributed by atoms with Crippen molar-refractivity contribution < 1.29 is 9.59 Å². The minimum atomic E-state index is -0.248. The molecular weight excluding hydrogens is 416 g/mol. The monoisotopic (exact) mass is 440 g/mol. The number of aromatic nitrogens is 3. The third-order valence-corrected chi connectivity index (χ3v) is 5.90. The lowest BCUT2D eigenvalue weighted by Crippen LogP contribution is -2.25. The SMILES string of the molecule is CNC(=O)c1ccc(Nc2ncc3cc(C(=O)N(C)C)n(C4CCCC4)c3n2)cc1Cl. The second-order valence-electron chi connectivity index (χ2n) is 7.91. The number of carbonyl (C=O) groups excluding carboxylic acids is 2. The van der Waals surface area contributed by atoms with E-state index in [1.54, 1.807) is 50.4 Å². The smallest absolute Gasteiger partial charge is 0.270 e. The molecule has 1 aliphatic carbocycles. The van der Waals surface area contributed by atoms with Crippen molar-refractivity contribution in [3.8, 4) is 0 Å². The van der Waals surface area contributed by atoms with Gasteiger partial charge in [0, 0.05) is 44.5 Å². The summed E-state index contributed by atoms with van der Waals surface area (Å²) in [6.45, 7) is 0. The van der Waals surface area contributed by atoms with Gasteiger partial charge in [0.05, 0.1) is 10.6 Å². The van der Waals surface area contributed by atoms with Crippen molar-refractivity contribution >= 4 is 46.1 Å². The Hall–Kier alpha value is -3.13. The van der Waals surface area contributed by atoms with E-state index < -0.39 is 0 Å². The van der Waals surface area contributed by atoms with Crippen LogP contribution in [0.2, 0.25) is 5.02 Å². The Morgan fingerprint density at radius 3 is 2.58 bits per heavy atom. The van der Waals surface area contributed by atoms with Gasteiger partial charge in [0.15, 0.2) is 0 Å². The van der Waals surface area contributed by atoms with E-state index in [4.69, 9.17) is 16.6 Å². The number of amides is 2. The normalized spacial score (nSPS) is 14.1. The van der Waals surface area contributed by atoms with Gasteiger partial charge in [-0.25, -0.2) is 4.98 Å². The molecule has 0 spiro atoms. The first-order chi connectivity index (χ1) is 14.9. The number of rotatable bonds is 5. The zero-order valence-corrected chi connectivity index (χ0v) is 18.5. The van der Waals surface area contributed by atoms with Crippen molar-refractivity contribution in [1.82, 2.24) is 24.8 Å². The highest BCUT2D eigenvalue weighted by Gasteiger charge is 2.26. The number of benzene rings is 1. The second-order valence-corrected chi connectivity index (χ2v) is 8.32. The molecule has 0 unspecified atom stereocenters. The van der Waals surface area contributed by atoms with Crippen molar-refractivity contribution in [2.75, 3.05) is 26.5 Å². The van der Waals surface area contributed by atoms with E-state index in [9.17, 15) is 9.59 Å². The first-order valence-electron chi connectivity index (χ1n) is 10.3. The molecule has 162 valence electrons. The van der Waals surface area contributed by atoms with Crippen molar-refractivity contribution in [2.45, 2.75) is 31.7 Å². The quantitative estimate of drug-likeness (QED) is 0.625. The molecule has 9 heteroatoms. The summed E-state index contributed by atoms with van der Waals surface area (Å²) in [6, 6.07) is 7.18. The van der Waals surface area contributed by atoms with Crippen LogP contribution in [-0.4, -0.2) is 52.4 Å². The van der Waals surface area contributed by atoms with Crippen LogP contribution in [0.25, 0.3) is 11.0 Å². The molecule has 2 aromatic heterocycles. The average Bonchev–Trinajstić information content (AvgIpc) is 3.40. The first kappa shape index (κ1) is 21.1. The molecule has 0 bridgehead atoms. The predicted molar refractivity (Wildman–Crippen MR) is 121 cm³/mol. The van der Waals surface area contributed by atoms with Gasteiger partial charge in [0.2, 0.25) is 5.95 Å². The summed E-state index contributed by atoms with van der Waals surface area (Å²) in [6.07, 6.45) is 6.07. The third-order valence-electron chi connectivity index (χ3n) is 5.59. The molecule has 0 radical (unpaired) electrons. The fourth-order valence-electron chi connectivity index (χ4n) is 4.03. The van der Waals surface area contributed by atoms with Crippen LogP contribution in [0, 0.1) is 0 Å². The topological polar surface area (TPSA) is 92.1 Å². The van der Waals surface area contributed by atoms with Crippen LogP contribution in [0.15, 0.2) is 30.5 Å². The molecule has 2 amide bonds. The van der Waals surface area contributed by atoms with Gasteiger partial charge in [-0.1, -0.05) is 24.4 Å². The fourth-order valence-corrected chi connectivity index (χ4v) is 4.30. The van der Waals surface area contributed by atoms with Gasteiger partial charge in [-0.3, -0.25) is 9.59 Å². The number of anilines is 2. The van der Waals surface area contributed by atoms with Crippen LogP contribution < -0.4 is 10.6 Å². The van der Waals surface area contributed by atoms with E-state index in [-0.39, 0.29) is 17.9 Å². The second kappa shape index (κ2) is 8.55. The maximum Gasteiger partial charge on any atom is 0.270 e. The number of nitrogens with one attached hydrogen (secondary N) is 2. The Kier molecular flexibility index (Phi) is 5.82. The molecular formula is C22H25ClN6O2. The molecule has 1 saturated carbocycles. The summed E-state index contributed by atoms with van der Waals surface area (Å²) < 4.78 is 2.07. The third kappa shape index (κ3) is 4.07. The van der Waals surface area contributed by atoms with Gasteiger partial charge in [-0.2, -0.15) is 4.98 Å². The van der Waals surface area contributed by atoms with Gasteiger partial charge in [-0.05, 0) is 37.1 Å². The molecule has 2 N–H and O–H groups in total. The number of hydrogen-bond acceptors (Lipinski definition) is 5. The van der Waals surface area contributed by atoms with Crippen LogP contribution in [0.3, 0.4) is 0 Å². The van der Waals surface area contributed by atoms with Gasteiger partial charge >= 0.3 is 0 Å². The van der Waals surface area contributed by atoms with Gasteiger partial charge in [0.1, 0.15) is 11.3 Å². The summed E-state index contributed by atoms with van der Waals surface area (Å²) in [4.78, 5) is 35.4. The fraction of sp³-hybridized carbons (Fsp3) is 0.364. The molecule has 1 fully saturated rings. The van der Waals surface area contributed by atoms with Crippen LogP contribution >= 0.6 is 11.6 Å². The molecule has 0 saturated heterocycles. The average molecular weight is 441 g/mol. The summed E-state index contributed by atoms with van der Waals surface area (Å²) >= 11 is 6.26. The number of fused-ring (bicyclic) bond motifs is 1. The summed E-state index contributed by atoms with van der Waals surface area (Å²) in [5, 5.41) is 6.88. The molecule has 4 rings (SSSR count). The zero-order chi connectivity index (χ0) is 22.1. The minimum Gasteiger partial charge on any atom is -0.355 e. The number of hydrogen-bond donors (Lipinski definition) is 2. The number of halogens is 1. The van der Waals surface area contributed by atoms with Crippen molar-refractivity contribution in [3.63, 3.8) is 0 Å². The maximum absolute atomic E-state index is 12.8. The molecule has 8 nitrogen and oxygen atoms in total. The van der Waals surface area contributed by atoms with Crippen molar-refractivity contribution in [2.24, 2.45) is 0 Å². The number of carbonyl (C=O) groups is 2. The Balaban J connectivity index is 1.72. The van der Waals surface area contributed by atoms with E-state index >= 15 is 0 Å². The van der Waals surface area contributed by atoms with Crippen molar-refractivity contribution in [1.29, 1.82) is 0 Å². The Morgan fingerprint density at radius 1 is 1.19 bits per heavy atom. The van der Waals surface area contributed by atoms with Crippen LogP contribution in [0.1, 0.15) is 52.6 Å². The highest BCUT2D eigenvalue weighted by Crippen LogP contribution is 2.35. The minimum absolute atomic E-state index is 0.0454. The highest BCUT2D eigenvalue weighted by atomic mass is 35.5. The molecule has 0 atom stereocenters. The largest absolute Gasteiger partial charge is 0.355 e. The predicted octanol–water partition coefficient (Wildman–Crippen LogP) is 4.00. The van der Waals surface area contributed by atoms with Crippen LogP contribution in [0.5, 0.6) is 0 Å². The van der Waals surface area contributed by atoms with Crippen LogP contribution in [0.4, 0.5) is 11.6 Å². The lowest BCUT2D eigenvalue weighted by atomic mass is 10.2. The molecule has 1 aliphatic rings. The standard InChI is InChI=1S/C22H25ClN6O2/c1-24-20(30)16-9-8-14(11-17(16)23)26-22-25-12-13-10-18(21(31)28(2)3)29(19(13)27-22)15-6-4-5-7-15/h8-12,15H,4-7H2,1-3H3,(H,24,30)(H,25,26,27). The molecule has 2 heterocycles. The van der Waals surface area contributed by atoms with Gasteiger partial charge < -0.3 is 20.1 Å². The van der Waals surface area contributed by atoms with E-state index in [0.29, 0.717) is 27.9 Å². The summed E-state index contributed by atoms with van der Waals surface area (Å²) in [7, 11) is 5.07. The zero-order valence-electron chi connectivity index (χ0n) is 17.8. The molecule has 31 heavy (non-hydrogen) atoms. The Labute approximate surface area is 185 Å². The Bertz CT molecular complexity index is 1150. The van der Waals surface area contributed by atoms with Crippen molar-refractivity contribution in [3.05, 3.63) is 46.7 Å². The summed E-state index contributed by atoms with van der Waals surface area (Å²) in [5.74, 6) is 0.107. The molecule has 1 aromatic carbocycles. The van der Waals surface area contributed by atoms with E-state index in [1.807, 2.05) is 6.07 Å². The first-order valence-corrected chi connectivity index (χ1v) is 10.6. The van der Waals surface area contributed by atoms with Gasteiger partial charge in [0.25, 0.3) is 11.8 Å². The van der Waals surface area contributed by atoms with E-state index in [2.05, 4.69) is 20.2 Å². The Morgan fingerprint density at radius 2 is 1.94 bits per heavy atom. The molecule has 0 aliphatic heterocycles. The van der Waals surface area contributed by atoms with E-state index in [1.165, 1.54) is 0 Å². The maximum atomic E-state index is 12.8. The van der Waals surface area contributed by atoms with Crippen LogP contribution in [-0.2, 0) is 0 Å². The summed E-state index contributed by atoms with van der Waals surface area (Å²) in [5.41, 5.74) is 2.44. The molecule has 3 aromatic rings. The number of nitrogens with zero attached hydrogens (tertiary/aromatic N) is 4. The lowest BCUT2D eigenvalue weighted by molar-refractivity contribution is 0.0815.